The molecule has 1 aliphatic rings. The lowest BCUT2D eigenvalue weighted by Gasteiger charge is -2.30. The van der Waals surface area contributed by atoms with Crippen LogP contribution in [0.25, 0.3) is 0 Å². The summed E-state index contributed by atoms with van der Waals surface area (Å²) in [5.41, 5.74) is 0. The van der Waals surface area contributed by atoms with Gasteiger partial charge >= 0.3 is 18.2 Å². The van der Waals surface area contributed by atoms with Gasteiger partial charge in [0.25, 0.3) is 0 Å². The third-order valence-electron chi connectivity index (χ3n) is 4.63. The first-order valence-corrected chi connectivity index (χ1v) is 8.70. The van der Waals surface area contributed by atoms with Gasteiger partial charge in [0.05, 0.1) is 11.8 Å². The van der Waals surface area contributed by atoms with Crippen molar-refractivity contribution < 1.29 is 27.9 Å². The smallest absolute Gasteiger partial charge is 0.394 e. The number of hydrogen-bond donors (Lipinski definition) is 2. The number of carboxylic acids is 1. The third kappa shape index (κ3) is 4.68. The zero-order valence-electron chi connectivity index (χ0n) is 13.4. The Bertz CT molecular complexity index is 433. The second-order valence-corrected chi connectivity index (χ2v) is 7.03. The number of carbonyl (C=O) groups excluding carboxylic acids is 1. The number of rotatable bonds is 6. The number of hydrogen-bond acceptors (Lipinski definition) is 3. The van der Waals surface area contributed by atoms with E-state index in [9.17, 15) is 22.8 Å². The fourth-order valence-corrected chi connectivity index (χ4v) is 3.55. The van der Waals surface area contributed by atoms with E-state index in [2.05, 4.69) is 5.32 Å². The lowest BCUT2D eigenvalue weighted by molar-refractivity contribution is -0.187. The van der Waals surface area contributed by atoms with Crippen LogP contribution in [0, 0.1) is 11.8 Å². The van der Waals surface area contributed by atoms with Crippen molar-refractivity contribution >= 4 is 23.8 Å². The van der Waals surface area contributed by atoms with Gasteiger partial charge in [0, 0.05) is 24.4 Å². The predicted molar refractivity (Wildman–Crippen MR) is 82.5 cm³/mol. The lowest BCUT2D eigenvalue weighted by atomic mass is 9.96. The van der Waals surface area contributed by atoms with Gasteiger partial charge < -0.3 is 15.3 Å². The Balaban J connectivity index is 2.73. The number of amides is 2. The van der Waals surface area contributed by atoms with E-state index in [-0.39, 0.29) is 4.75 Å². The van der Waals surface area contributed by atoms with Crippen LogP contribution in [-0.2, 0) is 4.79 Å². The van der Waals surface area contributed by atoms with Crippen molar-refractivity contribution in [3.8, 4) is 0 Å². The number of carboxylic acid groups (broad SMARTS) is 1. The summed E-state index contributed by atoms with van der Waals surface area (Å²) in [6, 6.07) is -0.636. The van der Waals surface area contributed by atoms with E-state index >= 15 is 0 Å². The minimum Gasteiger partial charge on any atom is -0.481 e. The van der Waals surface area contributed by atoms with E-state index in [1.807, 2.05) is 20.1 Å². The van der Waals surface area contributed by atoms with Gasteiger partial charge in [0.2, 0.25) is 0 Å². The number of aliphatic carboxylic acids is 1. The second-order valence-electron chi connectivity index (χ2n) is 5.75. The molecule has 2 N–H and O–H groups in total. The van der Waals surface area contributed by atoms with Crippen LogP contribution in [0.3, 0.4) is 0 Å². The van der Waals surface area contributed by atoms with Crippen LogP contribution < -0.4 is 5.32 Å². The first kappa shape index (κ1) is 19.9. The number of nitrogens with zero attached hydrogens (tertiary/aromatic N) is 1. The molecule has 0 bridgehead atoms. The highest BCUT2D eigenvalue weighted by molar-refractivity contribution is 8.00. The average Bonchev–Trinajstić information content (AvgIpc) is 2.94. The van der Waals surface area contributed by atoms with Gasteiger partial charge in [0.1, 0.15) is 0 Å². The molecule has 0 aromatic heterocycles. The molecular formula is C14H23F3N2O3S. The number of likely N-dealkylation sites (tertiary alicyclic amines) is 1. The van der Waals surface area contributed by atoms with E-state index in [4.69, 9.17) is 5.11 Å². The summed E-state index contributed by atoms with van der Waals surface area (Å²) in [4.78, 5) is 24.1. The highest BCUT2D eigenvalue weighted by Crippen LogP contribution is 2.37. The van der Waals surface area contributed by atoms with Crippen LogP contribution in [0.1, 0.15) is 26.7 Å². The maximum absolute atomic E-state index is 12.9. The number of thioether (sulfide) groups is 1. The van der Waals surface area contributed by atoms with Crippen LogP contribution in [0.4, 0.5) is 18.0 Å². The molecule has 2 atom stereocenters. The molecule has 0 aliphatic carbocycles. The molecule has 0 aromatic carbocycles. The molecule has 9 heteroatoms. The maximum atomic E-state index is 12.9. The van der Waals surface area contributed by atoms with Gasteiger partial charge in [-0.2, -0.15) is 24.9 Å². The van der Waals surface area contributed by atoms with E-state index < -0.39 is 43.1 Å². The van der Waals surface area contributed by atoms with Crippen LogP contribution in [0.2, 0.25) is 0 Å². The monoisotopic (exact) mass is 356 g/mol. The Morgan fingerprint density at radius 3 is 2.17 bits per heavy atom. The standard InChI is InChI=1S/C14H23F3N2O3S/c1-4-13(5-2,23-3)8-18-12(22)19-6-9(11(20)21)10(7-19)14(15,16)17/h9-10H,4-8H2,1-3H3,(H,18,22)(H,20,21)/t9-,10-/m1/s1. The molecule has 0 radical (unpaired) electrons. The van der Waals surface area contributed by atoms with Crippen molar-refractivity contribution in [2.24, 2.45) is 11.8 Å². The second kappa shape index (κ2) is 7.63. The highest BCUT2D eigenvalue weighted by atomic mass is 32.2. The molecule has 1 heterocycles. The Hall–Kier alpha value is -1.12. The molecular weight excluding hydrogens is 333 g/mol. The summed E-state index contributed by atoms with van der Waals surface area (Å²) < 4.78 is 38.6. The number of halogens is 3. The normalized spacial score (nSPS) is 22.3. The first-order valence-electron chi connectivity index (χ1n) is 7.47. The number of nitrogens with one attached hydrogen (secondary N) is 1. The summed E-state index contributed by atoms with van der Waals surface area (Å²) in [7, 11) is 0. The molecule has 1 rings (SSSR count). The fourth-order valence-electron chi connectivity index (χ4n) is 2.76. The van der Waals surface area contributed by atoms with Gasteiger partial charge in [-0.05, 0) is 19.1 Å². The topological polar surface area (TPSA) is 69.6 Å². The summed E-state index contributed by atoms with van der Waals surface area (Å²) in [6.07, 6.45) is -1.08. The van der Waals surface area contributed by atoms with Gasteiger partial charge in [0.15, 0.2) is 0 Å². The van der Waals surface area contributed by atoms with Gasteiger partial charge in [-0.15, -0.1) is 0 Å². The van der Waals surface area contributed by atoms with Crippen molar-refractivity contribution in [3.63, 3.8) is 0 Å². The zero-order valence-corrected chi connectivity index (χ0v) is 14.3. The number of carbonyl (C=O) groups is 2. The van der Waals surface area contributed by atoms with Crippen LogP contribution in [0.5, 0.6) is 0 Å². The number of alkyl halides is 3. The average molecular weight is 356 g/mol. The van der Waals surface area contributed by atoms with Crippen molar-refractivity contribution in [1.29, 1.82) is 0 Å². The molecule has 134 valence electrons. The van der Waals surface area contributed by atoms with E-state index in [0.717, 1.165) is 17.7 Å². The van der Waals surface area contributed by atoms with Gasteiger partial charge in [-0.1, -0.05) is 13.8 Å². The summed E-state index contributed by atoms with van der Waals surface area (Å²) in [5.74, 6) is -5.15. The van der Waals surface area contributed by atoms with E-state index in [1.165, 1.54) is 0 Å². The SMILES string of the molecule is CCC(CC)(CNC(=O)N1C[C@@H](C(F)(F)F)[C@H](C(=O)O)C1)SC. The van der Waals surface area contributed by atoms with Crippen LogP contribution >= 0.6 is 11.8 Å². The summed E-state index contributed by atoms with van der Waals surface area (Å²) in [6.45, 7) is 3.28. The lowest BCUT2D eigenvalue weighted by Crippen LogP contribution is -2.45. The van der Waals surface area contributed by atoms with E-state index in [1.54, 1.807) is 11.8 Å². The van der Waals surface area contributed by atoms with E-state index in [0.29, 0.717) is 6.54 Å². The predicted octanol–water partition coefficient (Wildman–Crippen LogP) is 2.81. The molecule has 5 nitrogen and oxygen atoms in total. The Morgan fingerprint density at radius 2 is 1.83 bits per heavy atom. The van der Waals surface area contributed by atoms with Crippen molar-refractivity contribution in [1.82, 2.24) is 10.2 Å². The summed E-state index contributed by atoms with van der Waals surface area (Å²) >= 11 is 1.60. The minimum absolute atomic E-state index is 0.162. The molecule has 23 heavy (non-hydrogen) atoms. The van der Waals surface area contributed by atoms with Crippen molar-refractivity contribution in [3.05, 3.63) is 0 Å². The number of urea groups is 1. The molecule has 2 amide bonds. The zero-order chi connectivity index (χ0) is 17.8. The Morgan fingerprint density at radius 1 is 1.26 bits per heavy atom. The molecule has 0 spiro atoms. The summed E-state index contributed by atoms with van der Waals surface area (Å²) in [5, 5.41) is 11.6. The highest BCUT2D eigenvalue weighted by Gasteiger charge is 2.53. The molecule has 1 fully saturated rings. The largest absolute Gasteiger partial charge is 0.481 e. The molecule has 0 unspecified atom stereocenters. The Kier molecular flexibility index (Phi) is 6.61. The molecule has 1 saturated heterocycles. The van der Waals surface area contributed by atoms with Gasteiger partial charge in [-0.25, -0.2) is 4.79 Å². The van der Waals surface area contributed by atoms with Crippen LogP contribution in [-0.4, -0.2) is 58.8 Å². The third-order valence-corrected chi connectivity index (χ3v) is 6.22. The minimum atomic E-state index is -4.63. The van der Waals surface area contributed by atoms with Crippen molar-refractivity contribution in [2.75, 3.05) is 25.9 Å². The quantitative estimate of drug-likeness (QED) is 0.768. The van der Waals surface area contributed by atoms with Crippen molar-refractivity contribution in [2.45, 2.75) is 37.6 Å². The fraction of sp³-hybridized carbons (Fsp3) is 0.857. The first-order chi connectivity index (χ1) is 10.6. The maximum Gasteiger partial charge on any atom is 0.394 e. The Labute approximate surface area is 138 Å². The van der Waals surface area contributed by atoms with Gasteiger partial charge in [-0.3, -0.25) is 4.79 Å². The molecule has 0 aromatic rings. The van der Waals surface area contributed by atoms with Crippen LogP contribution in [0.15, 0.2) is 0 Å². The molecule has 0 saturated carbocycles. The molecule has 1 aliphatic heterocycles.